The van der Waals surface area contributed by atoms with Gasteiger partial charge >= 0.3 is 18.0 Å². The van der Waals surface area contributed by atoms with Crippen molar-refractivity contribution < 1.29 is 24.2 Å². The predicted molar refractivity (Wildman–Crippen MR) is 71.2 cm³/mol. The van der Waals surface area contributed by atoms with Crippen LogP contribution in [0.15, 0.2) is 0 Å². The Hall–Kier alpha value is -1.79. The molecule has 0 aromatic heterocycles. The molecular weight excluding hydrogens is 264 g/mol. The van der Waals surface area contributed by atoms with Crippen LogP contribution < -0.4 is 10.6 Å². The molecule has 7 nitrogen and oxygen atoms in total. The molecule has 0 aromatic carbocycles. The molecule has 1 saturated carbocycles. The molecule has 0 heterocycles. The summed E-state index contributed by atoms with van der Waals surface area (Å²) in [6, 6.07) is -0.383. The van der Waals surface area contributed by atoms with Gasteiger partial charge in [0.05, 0.1) is 19.4 Å². The summed E-state index contributed by atoms with van der Waals surface area (Å²) < 4.78 is 4.73. The van der Waals surface area contributed by atoms with Crippen molar-refractivity contribution in [2.24, 2.45) is 5.41 Å². The molecule has 0 unspecified atom stereocenters. The van der Waals surface area contributed by atoms with Crippen LogP contribution in [-0.2, 0) is 14.3 Å². The van der Waals surface area contributed by atoms with E-state index in [1.54, 1.807) is 6.92 Å². The first-order valence-electron chi connectivity index (χ1n) is 6.86. The van der Waals surface area contributed by atoms with Crippen LogP contribution in [0, 0.1) is 5.41 Å². The molecule has 7 heteroatoms. The zero-order valence-corrected chi connectivity index (χ0v) is 11.7. The smallest absolute Gasteiger partial charge is 0.314 e. The van der Waals surface area contributed by atoms with Gasteiger partial charge in [-0.1, -0.05) is 6.42 Å². The quantitative estimate of drug-likeness (QED) is 0.575. The molecule has 0 aromatic rings. The average molecular weight is 286 g/mol. The van der Waals surface area contributed by atoms with E-state index in [-0.39, 0.29) is 36.8 Å². The zero-order valence-electron chi connectivity index (χ0n) is 11.7. The number of hydrogen-bond donors (Lipinski definition) is 3. The molecule has 1 rings (SSSR count). The first-order valence-corrected chi connectivity index (χ1v) is 6.86. The van der Waals surface area contributed by atoms with E-state index >= 15 is 0 Å². The van der Waals surface area contributed by atoms with Gasteiger partial charge in [-0.3, -0.25) is 9.59 Å². The fraction of sp³-hybridized carbons (Fsp3) is 0.769. The Morgan fingerprint density at radius 2 is 1.95 bits per heavy atom. The Morgan fingerprint density at radius 1 is 1.25 bits per heavy atom. The minimum atomic E-state index is -0.839. The van der Waals surface area contributed by atoms with Crippen LogP contribution in [0.5, 0.6) is 0 Å². The molecule has 114 valence electrons. The van der Waals surface area contributed by atoms with Gasteiger partial charge in [0, 0.05) is 13.1 Å². The molecule has 20 heavy (non-hydrogen) atoms. The van der Waals surface area contributed by atoms with Crippen LogP contribution in [0.4, 0.5) is 4.79 Å². The van der Waals surface area contributed by atoms with E-state index < -0.39 is 5.97 Å². The Morgan fingerprint density at radius 3 is 2.45 bits per heavy atom. The van der Waals surface area contributed by atoms with Gasteiger partial charge in [0.15, 0.2) is 0 Å². The van der Waals surface area contributed by atoms with Crippen molar-refractivity contribution in [2.45, 2.75) is 39.0 Å². The van der Waals surface area contributed by atoms with Crippen molar-refractivity contribution in [3.8, 4) is 0 Å². The second-order valence-corrected chi connectivity index (χ2v) is 5.09. The van der Waals surface area contributed by atoms with Gasteiger partial charge < -0.3 is 20.5 Å². The lowest BCUT2D eigenvalue weighted by Gasteiger charge is -2.40. The van der Waals surface area contributed by atoms with Crippen LogP contribution in [0.25, 0.3) is 0 Å². The van der Waals surface area contributed by atoms with Crippen molar-refractivity contribution >= 4 is 18.0 Å². The van der Waals surface area contributed by atoms with Crippen LogP contribution in [0.3, 0.4) is 0 Å². The number of hydrogen-bond acceptors (Lipinski definition) is 4. The van der Waals surface area contributed by atoms with Gasteiger partial charge in [-0.25, -0.2) is 4.79 Å². The number of amides is 2. The van der Waals surface area contributed by atoms with Crippen LogP contribution in [0.2, 0.25) is 0 Å². The maximum absolute atomic E-state index is 11.5. The molecule has 3 N–H and O–H groups in total. The van der Waals surface area contributed by atoms with Crippen molar-refractivity contribution in [3.05, 3.63) is 0 Å². The molecular formula is C13H22N2O5. The number of carbonyl (C=O) groups excluding carboxylic acids is 2. The number of carbonyl (C=O) groups is 3. The topological polar surface area (TPSA) is 105 Å². The van der Waals surface area contributed by atoms with Crippen LogP contribution >= 0.6 is 0 Å². The first kappa shape index (κ1) is 16.3. The third-order valence-corrected chi connectivity index (χ3v) is 3.48. The summed E-state index contributed by atoms with van der Waals surface area (Å²) >= 11 is 0. The van der Waals surface area contributed by atoms with Crippen LogP contribution in [0.1, 0.15) is 39.0 Å². The minimum Gasteiger partial charge on any atom is -0.481 e. The van der Waals surface area contributed by atoms with E-state index in [0.29, 0.717) is 13.2 Å². The number of nitrogens with one attached hydrogen (secondary N) is 2. The largest absolute Gasteiger partial charge is 0.481 e. The molecule has 1 aliphatic rings. The SMILES string of the molecule is CCOC(=O)CCNC(=O)NCC1(CC(=O)O)CCC1. The summed E-state index contributed by atoms with van der Waals surface area (Å²) in [5.41, 5.74) is -0.301. The molecule has 0 atom stereocenters. The summed E-state index contributed by atoms with van der Waals surface area (Å²) in [7, 11) is 0. The standard InChI is InChI=1S/C13H22N2O5/c1-2-20-11(18)4-7-14-12(19)15-9-13(5-3-6-13)8-10(16)17/h2-9H2,1H3,(H,16,17)(H2,14,15,19). The van der Waals surface area contributed by atoms with Gasteiger partial charge in [0.25, 0.3) is 0 Å². The van der Waals surface area contributed by atoms with Gasteiger partial charge in [-0.2, -0.15) is 0 Å². The summed E-state index contributed by atoms with van der Waals surface area (Å²) in [6.45, 7) is 2.60. The van der Waals surface area contributed by atoms with Gasteiger partial charge in [-0.15, -0.1) is 0 Å². The average Bonchev–Trinajstić information content (AvgIpc) is 2.32. The molecule has 0 radical (unpaired) electrons. The minimum absolute atomic E-state index is 0.0795. The number of urea groups is 1. The number of rotatable bonds is 8. The highest BCUT2D eigenvalue weighted by atomic mass is 16.5. The van der Waals surface area contributed by atoms with Gasteiger partial charge in [0.2, 0.25) is 0 Å². The lowest BCUT2D eigenvalue weighted by atomic mass is 9.66. The molecule has 0 bridgehead atoms. The van der Waals surface area contributed by atoms with E-state index in [1.807, 2.05) is 0 Å². The molecule has 0 saturated heterocycles. The van der Waals surface area contributed by atoms with Gasteiger partial charge in [-0.05, 0) is 25.2 Å². The highest BCUT2D eigenvalue weighted by molar-refractivity contribution is 5.75. The van der Waals surface area contributed by atoms with E-state index in [1.165, 1.54) is 0 Å². The van der Waals surface area contributed by atoms with E-state index in [2.05, 4.69) is 10.6 Å². The Kier molecular flexibility index (Phi) is 6.27. The molecule has 0 aliphatic heterocycles. The number of esters is 1. The molecule has 1 fully saturated rings. The van der Waals surface area contributed by atoms with Crippen LogP contribution in [-0.4, -0.2) is 42.8 Å². The maximum Gasteiger partial charge on any atom is 0.314 e. The Labute approximate surface area is 118 Å². The van der Waals surface area contributed by atoms with Crippen molar-refractivity contribution in [1.29, 1.82) is 0 Å². The predicted octanol–water partition coefficient (Wildman–Crippen LogP) is 0.884. The van der Waals surface area contributed by atoms with E-state index in [4.69, 9.17) is 9.84 Å². The van der Waals surface area contributed by atoms with Crippen molar-refractivity contribution in [2.75, 3.05) is 19.7 Å². The lowest BCUT2D eigenvalue weighted by molar-refractivity contribution is -0.143. The second-order valence-electron chi connectivity index (χ2n) is 5.09. The molecule has 2 amide bonds. The zero-order chi connectivity index (χ0) is 15.0. The number of aliphatic carboxylic acids is 1. The fourth-order valence-corrected chi connectivity index (χ4v) is 2.26. The summed E-state index contributed by atoms with van der Waals surface area (Å²) in [4.78, 5) is 33.4. The molecule has 0 spiro atoms. The second kappa shape index (κ2) is 7.72. The Balaban J connectivity index is 2.19. The number of ether oxygens (including phenoxy) is 1. The molecule has 1 aliphatic carbocycles. The van der Waals surface area contributed by atoms with Crippen molar-refractivity contribution in [1.82, 2.24) is 10.6 Å². The number of carboxylic acids is 1. The third kappa shape index (κ3) is 5.46. The van der Waals surface area contributed by atoms with Crippen molar-refractivity contribution in [3.63, 3.8) is 0 Å². The van der Waals surface area contributed by atoms with E-state index in [0.717, 1.165) is 19.3 Å². The third-order valence-electron chi connectivity index (χ3n) is 3.48. The number of carboxylic acid groups (broad SMARTS) is 1. The highest BCUT2D eigenvalue weighted by Gasteiger charge is 2.39. The normalized spacial score (nSPS) is 15.8. The van der Waals surface area contributed by atoms with E-state index in [9.17, 15) is 14.4 Å². The maximum atomic E-state index is 11.5. The first-order chi connectivity index (χ1) is 9.47. The summed E-state index contributed by atoms with van der Waals surface area (Å²) in [5.74, 6) is -1.19. The lowest BCUT2D eigenvalue weighted by Crippen LogP contribution is -2.46. The monoisotopic (exact) mass is 286 g/mol. The fourth-order valence-electron chi connectivity index (χ4n) is 2.26. The Bertz CT molecular complexity index is 366. The summed E-state index contributed by atoms with van der Waals surface area (Å²) in [6.07, 6.45) is 2.85. The highest BCUT2D eigenvalue weighted by Crippen LogP contribution is 2.43. The van der Waals surface area contributed by atoms with Gasteiger partial charge in [0.1, 0.15) is 0 Å². The summed E-state index contributed by atoms with van der Waals surface area (Å²) in [5, 5.41) is 14.1.